The first-order valence-corrected chi connectivity index (χ1v) is 6.09. The number of para-hydroxylation sites is 1. The van der Waals surface area contributed by atoms with Crippen molar-refractivity contribution in [3.63, 3.8) is 0 Å². The van der Waals surface area contributed by atoms with Crippen LogP contribution in [0.15, 0.2) is 60.8 Å². The Balaban J connectivity index is 2.00. The Morgan fingerprint density at radius 2 is 1.79 bits per heavy atom. The fourth-order valence-electron chi connectivity index (χ4n) is 2.16. The monoisotopic (exact) mass is 251 g/mol. The minimum Gasteiger partial charge on any atom is -0.422 e. The first-order chi connectivity index (χ1) is 9.25. The first kappa shape index (κ1) is 11.5. The number of aryl methyl sites for hydroxylation is 1. The highest BCUT2D eigenvalue weighted by Gasteiger charge is 2.16. The van der Waals surface area contributed by atoms with Gasteiger partial charge in [-0.15, -0.1) is 0 Å². The molecule has 0 saturated heterocycles. The lowest BCUT2D eigenvalue weighted by molar-refractivity contribution is 0.0727. The Morgan fingerprint density at radius 3 is 2.58 bits per heavy atom. The van der Waals surface area contributed by atoms with E-state index in [1.54, 1.807) is 12.1 Å². The van der Waals surface area contributed by atoms with Crippen LogP contribution in [0.5, 0.6) is 5.75 Å². The Bertz CT molecular complexity index is 729. The van der Waals surface area contributed by atoms with Gasteiger partial charge in [-0.3, -0.25) is 0 Å². The van der Waals surface area contributed by atoms with Gasteiger partial charge in [0.1, 0.15) is 11.4 Å². The largest absolute Gasteiger partial charge is 0.422 e. The minimum atomic E-state index is -0.338. The molecule has 2 heterocycles. The second-order valence-electron chi connectivity index (χ2n) is 4.37. The third kappa shape index (κ3) is 2.10. The molecule has 3 heteroatoms. The Hall–Kier alpha value is -2.55. The van der Waals surface area contributed by atoms with Gasteiger partial charge in [0.05, 0.1) is 0 Å². The van der Waals surface area contributed by atoms with Gasteiger partial charge in [-0.25, -0.2) is 4.79 Å². The summed E-state index contributed by atoms with van der Waals surface area (Å²) in [4.78, 5) is 12.3. The van der Waals surface area contributed by atoms with Crippen LogP contribution in [0.4, 0.5) is 0 Å². The molecular formula is C16H13NO2. The third-order valence-corrected chi connectivity index (χ3v) is 3.02. The number of nitrogens with zero attached hydrogens (tertiary/aromatic N) is 1. The lowest BCUT2D eigenvalue weighted by Gasteiger charge is -2.05. The average molecular weight is 251 g/mol. The van der Waals surface area contributed by atoms with Crippen molar-refractivity contribution in [2.24, 2.45) is 0 Å². The Kier molecular flexibility index (Phi) is 2.80. The summed E-state index contributed by atoms with van der Waals surface area (Å²) in [5, 5.41) is 0. The maximum atomic E-state index is 12.3. The van der Waals surface area contributed by atoms with E-state index in [2.05, 4.69) is 0 Å². The van der Waals surface area contributed by atoms with E-state index in [1.807, 2.05) is 60.0 Å². The smallest absolute Gasteiger partial charge is 0.360 e. The quantitative estimate of drug-likeness (QED) is 0.516. The van der Waals surface area contributed by atoms with Crippen molar-refractivity contribution in [1.29, 1.82) is 0 Å². The second-order valence-corrected chi connectivity index (χ2v) is 4.37. The van der Waals surface area contributed by atoms with Crippen LogP contribution in [0.25, 0.3) is 5.52 Å². The molecule has 0 aliphatic carbocycles. The first-order valence-electron chi connectivity index (χ1n) is 6.09. The maximum absolute atomic E-state index is 12.3. The highest BCUT2D eigenvalue weighted by molar-refractivity contribution is 5.92. The standard InChI is InChI=1S/C16H13NO2/c1-12-11-13-7-5-6-10-17(13)15(12)16(18)19-14-8-3-2-4-9-14/h2-11H,1H3. The third-order valence-electron chi connectivity index (χ3n) is 3.02. The zero-order valence-electron chi connectivity index (χ0n) is 10.5. The van der Waals surface area contributed by atoms with E-state index in [0.29, 0.717) is 11.4 Å². The van der Waals surface area contributed by atoms with Crippen molar-refractivity contribution in [2.45, 2.75) is 6.92 Å². The molecular weight excluding hydrogens is 238 g/mol. The van der Waals surface area contributed by atoms with Crippen LogP contribution in [-0.4, -0.2) is 10.4 Å². The molecule has 3 aromatic rings. The number of hydrogen-bond donors (Lipinski definition) is 0. The van der Waals surface area contributed by atoms with Gasteiger partial charge < -0.3 is 9.14 Å². The van der Waals surface area contributed by atoms with Crippen molar-refractivity contribution in [3.8, 4) is 5.75 Å². The number of fused-ring (bicyclic) bond motifs is 1. The van der Waals surface area contributed by atoms with Crippen LogP contribution in [0.3, 0.4) is 0 Å². The molecule has 0 atom stereocenters. The van der Waals surface area contributed by atoms with Gasteiger partial charge >= 0.3 is 5.97 Å². The van der Waals surface area contributed by atoms with Crippen LogP contribution < -0.4 is 4.74 Å². The van der Waals surface area contributed by atoms with E-state index in [-0.39, 0.29) is 5.97 Å². The molecule has 0 saturated carbocycles. The van der Waals surface area contributed by atoms with Crippen molar-refractivity contribution in [2.75, 3.05) is 0 Å². The summed E-state index contributed by atoms with van der Waals surface area (Å²) in [5.74, 6) is 0.215. The zero-order chi connectivity index (χ0) is 13.2. The molecule has 0 radical (unpaired) electrons. The summed E-state index contributed by atoms with van der Waals surface area (Å²) >= 11 is 0. The second kappa shape index (κ2) is 4.61. The van der Waals surface area contributed by atoms with Crippen LogP contribution >= 0.6 is 0 Å². The molecule has 0 unspecified atom stereocenters. The molecule has 2 aromatic heterocycles. The van der Waals surface area contributed by atoms with Gasteiger partial charge in [-0.2, -0.15) is 0 Å². The van der Waals surface area contributed by atoms with Crippen LogP contribution in [0.1, 0.15) is 16.1 Å². The molecule has 0 fully saturated rings. The molecule has 1 aromatic carbocycles. The lowest BCUT2D eigenvalue weighted by atomic mass is 10.2. The molecule has 19 heavy (non-hydrogen) atoms. The summed E-state index contributed by atoms with van der Waals surface area (Å²) in [6, 6.07) is 16.9. The number of hydrogen-bond acceptors (Lipinski definition) is 2. The van der Waals surface area contributed by atoms with E-state index >= 15 is 0 Å². The summed E-state index contributed by atoms with van der Waals surface area (Å²) in [6.45, 7) is 1.91. The van der Waals surface area contributed by atoms with Crippen LogP contribution in [0, 0.1) is 6.92 Å². The molecule has 0 aliphatic heterocycles. The number of rotatable bonds is 2. The Morgan fingerprint density at radius 1 is 1.05 bits per heavy atom. The van der Waals surface area contributed by atoms with E-state index < -0.39 is 0 Å². The molecule has 0 N–H and O–H groups in total. The molecule has 3 rings (SSSR count). The van der Waals surface area contributed by atoms with E-state index in [9.17, 15) is 4.79 Å². The number of ether oxygens (including phenoxy) is 1. The predicted molar refractivity (Wildman–Crippen MR) is 73.5 cm³/mol. The van der Waals surface area contributed by atoms with Gasteiger partial charge in [0.2, 0.25) is 0 Å². The van der Waals surface area contributed by atoms with Crippen molar-refractivity contribution >= 4 is 11.5 Å². The molecule has 0 amide bonds. The Labute approximate surface area is 111 Å². The summed E-state index contributed by atoms with van der Waals surface area (Å²) < 4.78 is 7.24. The van der Waals surface area contributed by atoms with Gasteiger partial charge in [0.25, 0.3) is 0 Å². The topological polar surface area (TPSA) is 30.7 Å². The van der Waals surface area contributed by atoms with Crippen molar-refractivity contribution in [3.05, 3.63) is 72.1 Å². The molecule has 94 valence electrons. The number of carbonyl (C=O) groups excluding carboxylic acids is 1. The zero-order valence-corrected chi connectivity index (χ0v) is 10.5. The minimum absolute atomic E-state index is 0.338. The molecule has 3 nitrogen and oxygen atoms in total. The number of pyridine rings is 1. The SMILES string of the molecule is Cc1cc2ccccn2c1C(=O)Oc1ccccc1. The fraction of sp³-hybridized carbons (Fsp3) is 0.0625. The van der Waals surface area contributed by atoms with Crippen LogP contribution in [0.2, 0.25) is 0 Å². The van der Waals surface area contributed by atoms with E-state index in [1.165, 1.54) is 0 Å². The predicted octanol–water partition coefficient (Wildman–Crippen LogP) is 3.47. The van der Waals surface area contributed by atoms with Gasteiger partial charge in [-0.05, 0) is 42.8 Å². The average Bonchev–Trinajstić information content (AvgIpc) is 2.75. The number of esters is 1. The number of aromatic nitrogens is 1. The van der Waals surface area contributed by atoms with E-state index in [4.69, 9.17) is 4.74 Å². The molecule has 0 bridgehead atoms. The fourth-order valence-corrected chi connectivity index (χ4v) is 2.16. The van der Waals surface area contributed by atoms with Crippen LogP contribution in [-0.2, 0) is 0 Å². The number of benzene rings is 1. The van der Waals surface area contributed by atoms with Gasteiger partial charge in [0.15, 0.2) is 0 Å². The van der Waals surface area contributed by atoms with Gasteiger partial charge in [-0.1, -0.05) is 24.3 Å². The van der Waals surface area contributed by atoms with Gasteiger partial charge in [0, 0.05) is 11.7 Å². The maximum Gasteiger partial charge on any atom is 0.360 e. The summed E-state index contributed by atoms with van der Waals surface area (Å²) in [7, 11) is 0. The molecule has 0 spiro atoms. The molecule has 0 aliphatic rings. The normalized spacial score (nSPS) is 10.6. The summed E-state index contributed by atoms with van der Waals surface area (Å²) in [6.07, 6.45) is 1.86. The highest BCUT2D eigenvalue weighted by atomic mass is 16.5. The highest BCUT2D eigenvalue weighted by Crippen LogP contribution is 2.18. The van der Waals surface area contributed by atoms with Crippen molar-refractivity contribution < 1.29 is 9.53 Å². The number of carbonyl (C=O) groups is 1. The van der Waals surface area contributed by atoms with E-state index in [0.717, 1.165) is 11.1 Å². The van der Waals surface area contributed by atoms with Crippen molar-refractivity contribution in [1.82, 2.24) is 4.40 Å². The lowest BCUT2D eigenvalue weighted by Crippen LogP contribution is -2.12. The summed E-state index contributed by atoms with van der Waals surface area (Å²) in [5.41, 5.74) is 2.46.